The number of rotatable bonds is 8. The summed E-state index contributed by atoms with van der Waals surface area (Å²) in [5.74, 6) is -1.01. The molecule has 0 aliphatic carbocycles. The highest BCUT2D eigenvalue weighted by Gasteiger charge is 2.15. The van der Waals surface area contributed by atoms with Crippen molar-refractivity contribution in [3.05, 3.63) is 29.3 Å². The Kier molecular flexibility index (Phi) is 8.78. The molecule has 2 N–H and O–H groups in total. The van der Waals surface area contributed by atoms with E-state index in [9.17, 15) is 9.59 Å². The molecule has 1 aromatic carbocycles. The molecule has 0 atom stereocenters. The molecule has 0 unspecified atom stereocenters. The zero-order valence-corrected chi connectivity index (χ0v) is 15.1. The van der Waals surface area contributed by atoms with E-state index in [1.807, 2.05) is 0 Å². The van der Waals surface area contributed by atoms with Gasteiger partial charge in [0.05, 0.1) is 24.3 Å². The van der Waals surface area contributed by atoms with Crippen LogP contribution in [0.5, 0.6) is 0 Å². The first-order valence-electron chi connectivity index (χ1n) is 8.05. The Bertz CT molecular complexity index is 554. The number of anilines is 1. The lowest BCUT2D eigenvalue weighted by Gasteiger charge is -2.13. The van der Waals surface area contributed by atoms with Gasteiger partial charge in [0.25, 0.3) is 0 Å². The summed E-state index contributed by atoms with van der Waals surface area (Å²) in [6.07, 6.45) is 2.06. The zero-order valence-electron chi connectivity index (χ0n) is 14.3. The molecule has 0 heterocycles. The first-order valence-corrected chi connectivity index (χ1v) is 8.46. The van der Waals surface area contributed by atoms with Gasteiger partial charge in [-0.3, -0.25) is 0 Å². The predicted molar refractivity (Wildman–Crippen MR) is 97.5 cm³/mol. The Labute approximate surface area is 147 Å². The fourth-order valence-corrected chi connectivity index (χ4v) is 2.14. The van der Waals surface area contributed by atoms with Crippen LogP contribution in [0, 0.1) is 0 Å². The zero-order chi connectivity index (χ0) is 17.9. The van der Waals surface area contributed by atoms with Crippen LogP contribution >= 0.6 is 12.2 Å². The highest BCUT2D eigenvalue weighted by atomic mass is 32.1. The van der Waals surface area contributed by atoms with E-state index in [2.05, 4.69) is 17.6 Å². The summed E-state index contributed by atoms with van der Waals surface area (Å²) in [5, 5.41) is 6.48. The second-order valence-corrected chi connectivity index (χ2v) is 5.38. The summed E-state index contributed by atoms with van der Waals surface area (Å²) in [5.41, 5.74) is 1.06. The first kappa shape index (κ1) is 19.9. The lowest BCUT2D eigenvalue weighted by Crippen LogP contribution is -2.29. The van der Waals surface area contributed by atoms with Gasteiger partial charge in [-0.25, -0.2) is 9.59 Å². The van der Waals surface area contributed by atoms with Crippen molar-refractivity contribution in [1.29, 1.82) is 0 Å². The van der Waals surface area contributed by atoms with Crippen molar-refractivity contribution in [3.63, 3.8) is 0 Å². The molecule has 1 rings (SSSR count). The first-order chi connectivity index (χ1) is 11.5. The van der Waals surface area contributed by atoms with Crippen molar-refractivity contribution in [2.45, 2.75) is 33.6 Å². The molecule has 0 saturated carbocycles. The van der Waals surface area contributed by atoms with Crippen LogP contribution in [0.4, 0.5) is 5.69 Å². The van der Waals surface area contributed by atoms with Crippen LogP contribution in [-0.4, -0.2) is 36.8 Å². The van der Waals surface area contributed by atoms with E-state index in [1.165, 1.54) is 6.07 Å². The maximum absolute atomic E-state index is 12.0. The van der Waals surface area contributed by atoms with Crippen molar-refractivity contribution in [1.82, 2.24) is 5.32 Å². The van der Waals surface area contributed by atoms with E-state index >= 15 is 0 Å². The molecule has 0 aromatic heterocycles. The number of hydrogen-bond acceptors (Lipinski definition) is 5. The summed E-state index contributed by atoms with van der Waals surface area (Å²) < 4.78 is 9.99. The molecule has 7 heteroatoms. The Morgan fingerprint density at radius 3 is 2.00 bits per heavy atom. The number of nitrogens with one attached hydrogen (secondary N) is 2. The molecule has 0 spiro atoms. The van der Waals surface area contributed by atoms with Crippen molar-refractivity contribution in [2.75, 3.05) is 25.1 Å². The van der Waals surface area contributed by atoms with Crippen LogP contribution in [0.15, 0.2) is 18.2 Å². The third-order valence-corrected chi connectivity index (χ3v) is 3.28. The molecular weight excluding hydrogens is 328 g/mol. The molecule has 24 heavy (non-hydrogen) atoms. The topological polar surface area (TPSA) is 76.7 Å². The number of unbranched alkanes of at least 4 members (excludes halogenated alkanes) is 1. The molecule has 132 valence electrons. The van der Waals surface area contributed by atoms with Gasteiger partial charge < -0.3 is 20.1 Å². The highest BCUT2D eigenvalue weighted by molar-refractivity contribution is 7.80. The predicted octanol–water partition coefficient (Wildman–Crippen LogP) is 3.13. The van der Waals surface area contributed by atoms with Crippen molar-refractivity contribution in [2.24, 2.45) is 0 Å². The SMILES string of the molecule is CCCCNC(=S)Nc1cc(C(=O)OCC)cc(C(=O)OCC)c1. The van der Waals surface area contributed by atoms with Gasteiger partial charge in [0.2, 0.25) is 0 Å². The molecule has 6 nitrogen and oxygen atoms in total. The van der Waals surface area contributed by atoms with E-state index in [1.54, 1.807) is 26.0 Å². The van der Waals surface area contributed by atoms with E-state index in [0.29, 0.717) is 10.8 Å². The summed E-state index contributed by atoms with van der Waals surface area (Å²) >= 11 is 5.22. The number of thiocarbonyl (C=S) groups is 1. The summed E-state index contributed by atoms with van der Waals surface area (Å²) in [6.45, 7) is 6.79. The molecule has 1 aromatic rings. The average Bonchev–Trinajstić information content (AvgIpc) is 2.55. The van der Waals surface area contributed by atoms with Gasteiger partial charge >= 0.3 is 11.9 Å². The van der Waals surface area contributed by atoms with Crippen LogP contribution in [0.25, 0.3) is 0 Å². The van der Waals surface area contributed by atoms with Crippen LogP contribution < -0.4 is 10.6 Å². The molecule has 0 bridgehead atoms. The minimum atomic E-state index is -0.503. The molecule has 0 aliphatic rings. The third-order valence-electron chi connectivity index (χ3n) is 3.03. The molecule has 0 fully saturated rings. The highest BCUT2D eigenvalue weighted by Crippen LogP contribution is 2.17. The van der Waals surface area contributed by atoms with Crippen LogP contribution in [0.3, 0.4) is 0 Å². The molecule has 0 saturated heterocycles. The molecular formula is C17H24N2O4S. The second-order valence-electron chi connectivity index (χ2n) is 4.97. The number of ether oxygens (including phenoxy) is 2. The Hall–Kier alpha value is -2.15. The van der Waals surface area contributed by atoms with E-state index in [0.717, 1.165) is 19.4 Å². The van der Waals surface area contributed by atoms with Crippen LogP contribution in [0.2, 0.25) is 0 Å². The van der Waals surface area contributed by atoms with Gasteiger partial charge in [0.15, 0.2) is 5.11 Å². The quantitative estimate of drug-likeness (QED) is 0.423. The van der Waals surface area contributed by atoms with Crippen molar-refractivity contribution < 1.29 is 19.1 Å². The van der Waals surface area contributed by atoms with Crippen molar-refractivity contribution >= 4 is 35.0 Å². The van der Waals surface area contributed by atoms with E-state index in [4.69, 9.17) is 21.7 Å². The number of benzene rings is 1. The van der Waals surface area contributed by atoms with Gasteiger partial charge in [-0.1, -0.05) is 13.3 Å². The maximum Gasteiger partial charge on any atom is 0.338 e. The largest absolute Gasteiger partial charge is 0.462 e. The molecule has 0 amide bonds. The maximum atomic E-state index is 12.0. The summed E-state index contributed by atoms with van der Waals surface area (Å²) in [4.78, 5) is 24.0. The van der Waals surface area contributed by atoms with Gasteiger partial charge in [-0.05, 0) is 50.7 Å². The monoisotopic (exact) mass is 352 g/mol. The van der Waals surface area contributed by atoms with Gasteiger partial charge in [0.1, 0.15) is 0 Å². The normalized spacial score (nSPS) is 9.96. The number of hydrogen-bond donors (Lipinski definition) is 2. The van der Waals surface area contributed by atoms with Crippen LogP contribution in [0.1, 0.15) is 54.3 Å². The lowest BCUT2D eigenvalue weighted by atomic mass is 10.1. The standard InChI is InChI=1S/C17H24N2O4S/c1-4-7-8-18-17(24)19-14-10-12(15(20)22-5-2)9-13(11-14)16(21)23-6-3/h9-11H,4-8H2,1-3H3,(H2,18,19,24). The lowest BCUT2D eigenvalue weighted by molar-refractivity contribution is 0.0525. The Morgan fingerprint density at radius 1 is 1.00 bits per heavy atom. The Balaban J connectivity index is 2.98. The minimum absolute atomic E-state index is 0.252. The van der Waals surface area contributed by atoms with Crippen LogP contribution in [-0.2, 0) is 9.47 Å². The van der Waals surface area contributed by atoms with E-state index < -0.39 is 11.9 Å². The fourth-order valence-electron chi connectivity index (χ4n) is 1.92. The second kappa shape index (κ2) is 10.6. The smallest absolute Gasteiger partial charge is 0.338 e. The van der Waals surface area contributed by atoms with Crippen molar-refractivity contribution in [3.8, 4) is 0 Å². The van der Waals surface area contributed by atoms with Gasteiger partial charge in [-0.15, -0.1) is 0 Å². The minimum Gasteiger partial charge on any atom is -0.462 e. The number of carbonyl (C=O) groups excluding carboxylic acids is 2. The third kappa shape index (κ3) is 6.54. The van der Waals surface area contributed by atoms with Gasteiger partial charge in [-0.2, -0.15) is 0 Å². The summed E-state index contributed by atoms with van der Waals surface area (Å²) in [7, 11) is 0. The van der Waals surface area contributed by atoms with E-state index in [-0.39, 0.29) is 24.3 Å². The summed E-state index contributed by atoms with van der Waals surface area (Å²) in [6, 6.07) is 4.64. The average molecular weight is 352 g/mol. The fraction of sp³-hybridized carbons (Fsp3) is 0.471. The number of carbonyl (C=O) groups is 2. The molecule has 0 radical (unpaired) electrons. The van der Waals surface area contributed by atoms with Gasteiger partial charge in [0, 0.05) is 12.2 Å². The molecule has 0 aliphatic heterocycles. The Morgan fingerprint density at radius 2 is 1.54 bits per heavy atom. The number of esters is 2.